The van der Waals surface area contributed by atoms with Gasteiger partial charge in [0.1, 0.15) is 10.6 Å². The van der Waals surface area contributed by atoms with Gasteiger partial charge in [0.15, 0.2) is 0 Å². The van der Waals surface area contributed by atoms with Crippen molar-refractivity contribution in [2.45, 2.75) is 10.8 Å². The normalized spacial score (nSPS) is 11.5. The molecule has 0 spiro atoms. The molecule has 0 aliphatic rings. The minimum absolute atomic E-state index is 0.0926. The fraction of sp³-hybridized carbons (Fsp3) is 0.455. The van der Waals surface area contributed by atoms with Crippen molar-refractivity contribution < 1.29 is 17.9 Å². The van der Waals surface area contributed by atoms with Crippen LogP contribution in [0.2, 0.25) is 0 Å². The van der Waals surface area contributed by atoms with Crippen molar-refractivity contribution >= 4 is 21.6 Å². The lowest BCUT2D eigenvalue weighted by molar-refractivity contribution is 0.204. The maximum Gasteiger partial charge on any atom is 0.244 e. The van der Waals surface area contributed by atoms with E-state index in [1.54, 1.807) is 12.1 Å². The van der Waals surface area contributed by atoms with Crippen LogP contribution < -0.4 is 9.46 Å². The van der Waals surface area contributed by atoms with Gasteiger partial charge in [0, 0.05) is 19.5 Å². The van der Waals surface area contributed by atoms with Gasteiger partial charge < -0.3 is 9.47 Å². The van der Waals surface area contributed by atoms with E-state index in [2.05, 4.69) is 4.72 Å². The predicted octanol–water partition coefficient (Wildman–Crippen LogP) is 1.36. The zero-order valence-corrected chi connectivity index (χ0v) is 11.8. The summed E-state index contributed by atoms with van der Waals surface area (Å²) in [7, 11) is -0.676. The monoisotopic (exact) mass is 293 g/mol. The molecule has 102 valence electrons. The standard InChI is InChI=1S/C11H16ClNO4S/c1-16-6-5-13-18(14,15)11-4-3-9(8-12)7-10(11)17-2/h3-4,7,13H,5-6,8H2,1-2H3. The molecule has 1 aromatic rings. The molecule has 1 N–H and O–H groups in total. The van der Waals surface area contributed by atoms with E-state index in [-0.39, 0.29) is 17.2 Å². The van der Waals surface area contributed by atoms with Gasteiger partial charge in [-0.3, -0.25) is 0 Å². The molecule has 7 heteroatoms. The minimum Gasteiger partial charge on any atom is -0.495 e. The first-order chi connectivity index (χ1) is 8.55. The first-order valence-electron chi connectivity index (χ1n) is 5.26. The molecular formula is C11H16ClNO4S. The number of rotatable bonds is 7. The summed E-state index contributed by atoms with van der Waals surface area (Å²) in [5.41, 5.74) is 0.796. The van der Waals surface area contributed by atoms with Crippen LogP contribution >= 0.6 is 11.6 Å². The van der Waals surface area contributed by atoms with Crippen LogP contribution in [-0.4, -0.2) is 35.8 Å². The molecule has 0 heterocycles. The summed E-state index contributed by atoms with van der Waals surface area (Å²) in [6.07, 6.45) is 0. The minimum atomic E-state index is -3.60. The van der Waals surface area contributed by atoms with E-state index in [0.717, 1.165) is 5.56 Å². The van der Waals surface area contributed by atoms with Gasteiger partial charge in [0.2, 0.25) is 10.0 Å². The first-order valence-corrected chi connectivity index (χ1v) is 7.28. The summed E-state index contributed by atoms with van der Waals surface area (Å²) >= 11 is 5.69. The van der Waals surface area contributed by atoms with Crippen LogP contribution in [-0.2, 0) is 20.6 Å². The molecule has 1 aromatic carbocycles. The van der Waals surface area contributed by atoms with Gasteiger partial charge in [-0.05, 0) is 17.7 Å². The smallest absolute Gasteiger partial charge is 0.244 e. The van der Waals surface area contributed by atoms with Gasteiger partial charge in [-0.2, -0.15) is 0 Å². The highest BCUT2D eigenvalue weighted by Gasteiger charge is 2.19. The van der Waals surface area contributed by atoms with Crippen LogP contribution in [0.1, 0.15) is 5.56 Å². The summed E-state index contributed by atoms with van der Waals surface area (Å²) in [5.74, 6) is 0.575. The number of nitrogens with one attached hydrogen (secondary N) is 1. The summed E-state index contributed by atoms with van der Waals surface area (Å²) < 4.78 is 36.3. The Labute approximate surface area is 112 Å². The highest BCUT2D eigenvalue weighted by molar-refractivity contribution is 7.89. The maximum atomic E-state index is 12.0. The van der Waals surface area contributed by atoms with E-state index in [1.807, 2.05) is 0 Å². The Morgan fingerprint density at radius 2 is 2.06 bits per heavy atom. The highest BCUT2D eigenvalue weighted by atomic mass is 35.5. The van der Waals surface area contributed by atoms with Gasteiger partial charge in [0.25, 0.3) is 0 Å². The first kappa shape index (κ1) is 15.2. The topological polar surface area (TPSA) is 64.6 Å². The Kier molecular flexibility index (Phi) is 5.87. The molecule has 0 aromatic heterocycles. The third-order valence-corrected chi connectivity index (χ3v) is 4.08. The van der Waals surface area contributed by atoms with Gasteiger partial charge in [-0.1, -0.05) is 6.07 Å². The lowest BCUT2D eigenvalue weighted by Crippen LogP contribution is -2.27. The SMILES string of the molecule is COCCNS(=O)(=O)c1ccc(CCl)cc1OC. The highest BCUT2D eigenvalue weighted by Crippen LogP contribution is 2.25. The summed E-state index contributed by atoms with van der Waals surface area (Å²) in [5, 5.41) is 0. The Morgan fingerprint density at radius 1 is 1.33 bits per heavy atom. The van der Waals surface area contributed by atoms with E-state index < -0.39 is 10.0 Å². The lowest BCUT2D eigenvalue weighted by Gasteiger charge is -2.11. The second kappa shape index (κ2) is 6.94. The van der Waals surface area contributed by atoms with Gasteiger partial charge >= 0.3 is 0 Å². The molecule has 1 rings (SSSR count). The average Bonchev–Trinajstić information content (AvgIpc) is 2.38. The molecule has 0 amide bonds. The van der Waals surface area contributed by atoms with Crippen molar-refractivity contribution in [1.29, 1.82) is 0 Å². The molecular weight excluding hydrogens is 278 g/mol. The molecule has 0 aliphatic heterocycles. The molecule has 18 heavy (non-hydrogen) atoms. The van der Waals surface area contributed by atoms with Crippen LogP contribution in [0.4, 0.5) is 0 Å². The Balaban J connectivity index is 3.00. The molecule has 0 bridgehead atoms. The number of benzene rings is 1. The molecule has 0 atom stereocenters. The Hall–Kier alpha value is -0.820. The van der Waals surface area contributed by atoms with Gasteiger partial charge in [-0.15, -0.1) is 11.6 Å². The number of halogens is 1. The lowest BCUT2D eigenvalue weighted by atomic mass is 10.2. The van der Waals surface area contributed by atoms with Crippen molar-refractivity contribution in [3.05, 3.63) is 23.8 Å². The number of methoxy groups -OCH3 is 2. The van der Waals surface area contributed by atoms with Crippen LogP contribution in [0, 0.1) is 0 Å². The molecule has 0 aliphatic carbocycles. The number of sulfonamides is 1. The largest absolute Gasteiger partial charge is 0.495 e. The third-order valence-electron chi connectivity index (χ3n) is 2.27. The van der Waals surface area contributed by atoms with E-state index in [0.29, 0.717) is 12.5 Å². The van der Waals surface area contributed by atoms with Crippen molar-refractivity contribution in [3.8, 4) is 5.75 Å². The molecule has 0 fully saturated rings. The summed E-state index contributed by atoms with van der Waals surface area (Å²) in [6, 6.07) is 4.74. The van der Waals surface area contributed by atoms with Crippen LogP contribution in [0.25, 0.3) is 0 Å². The zero-order chi connectivity index (χ0) is 13.6. The van der Waals surface area contributed by atoms with Crippen molar-refractivity contribution in [2.24, 2.45) is 0 Å². The van der Waals surface area contributed by atoms with Gasteiger partial charge in [-0.25, -0.2) is 13.1 Å². The quantitative estimate of drug-likeness (QED) is 0.609. The van der Waals surface area contributed by atoms with Crippen molar-refractivity contribution in [1.82, 2.24) is 4.72 Å². The fourth-order valence-electron chi connectivity index (χ4n) is 1.37. The van der Waals surface area contributed by atoms with Gasteiger partial charge in [0.05, 0.1) is 13.7 Å². The van der Waals surface area contributed by atoms with E-state index in [9.17, 15) is 8.42 Å². The molecule has 0 saturated carbocycles. The third kappa shape index (κ3) is 3.84. The molecule has 0 saturated heterocycles. The number of ether oxygens (including phenoxy) is 2. The maximum absolute atomic E-state index is 12.0. The Morgan fingerprint density at radius 3 is 2.61 bits per heavy atom. The summed E-state index contributed by atoms with van der Waals surface area (Å²) in [6.45, 7) is 0.514. The number of alkyl halides is 1. The van der Waals surface area contributed by atoms with E-state index in [4.69, 9.17) is 21.1 Å². The zero-order valence-electron chi connectivity index (χ0n) is 10.3. The Bertz CT molecular complexity index is 490. The number of hydrogen-bond donors (Lipinski definition) is 1. The molecule has 0 unspecified atom stereocenters. The van der Waals surface area contributed by atoms with Crippen LogP contribution in [0.15, 0.2) is 23.1 Å². The molecule has 0 radical (unpaired) electrons. The second-order valence-electron chi connectivity index (χ2n) is 3.51. The van der Waals surface area contributed by atoms with Crippen molar-refractivity contribution in [3.63, 3.8) is 0 Å². The fourth-order valence-corrected chi connectivity index (χ4v) is 2.70. The van der Waals surface area contributed by atoms with E-state index in [1.165, 1.54) is 20.3 Å². The van der Waals surface area contributed by atoms with Crippen LogP contribution in [0.3, 0.4) is 0 Å². The number of hydrogen-bond acceptors (Lipinski definition) is 4. The van der Waals surface area contributed by atoms with Crippen LogP contribution in [0.5, 0.6) is 5.75 Å². The summed E-state index contributed by atoms with van der Waals surface area (Å²) in [4.78, 5) is 0.0926. The van der Waals surface area contributed by atoms with Crippen molar-refractivity contribution in [2.75, 3.05) is 27.4 Å². The second-order valence-corrected chi connectivity index (χ2v) is 5.51. The van der Waals surface area contributed by atoms with E-state index >= 15 is 0 Å². The molecule has 5 nitrogen and oxygen atoms in total. The predicted molar refractivity (Wildman–Crippen MR) is 69.6 cm³/mol. The average molecular weight is 294 g/mol.